The Balaban J connectivity index is 1.65. The van der Waals surface area contributed by atoms with Gasteiger partial charge in [-0.05, 0) is 23.7 Å². The lowest BCUT2D eigenvalue weighted by atomic mass is 10.1. The van der Waals surface area contributed by atoms with E-state index in [1.165, 1.54) is 6.20 Å². The predicted molar refractivity (Wildman–Crippen MR) is 144 cm³/mol. The van der Waals surface area contributed by atoms with Crippen molar-refractivity contribution in [3.05, 3.63) is 48.4 Å². The number of fused-ring (bicyclic) bond motifs is 1. The summed E-state index contributed by atoms with van der Waals surface area (Å²) >= 11 is 1.07. The molecular weight excluding hydrogens is 520 g/mol. The molecule has 1 aromatic carbocycles. The molecule has 4 aromatic heterocycles. The SMILES string of the molecule is CN(C)c1c(N=Nc2ccnn2C)cc(N=Nc2snc3ncc(C#N)cc23)c(O)c1N=Nc1ccnn1C. The van der Waals surface area contributed by atoms with E-state index >= 15 is 0 Å². The second-order valence-corrected chi connectivity index (χ2v) is 9.03. The molecule has 5 aromatic rings. The molecule has 16 heteroatoms. The number of aryl methyl sites for hydroxylation is 2. The largest absolute Gasteiger partial charge is 0.504 e. The number of phenols is 1. The maximum absolute atomic E-state index is 11.3. The fraction of sp³-hybridized carbons (Fsp3) is 0.174. The zero-order valence-corrected chi connectivity index (χ0v) is 22.0. The monoisotopic (exact) mass is 540 g/mol. The third kappa shape index (κ3) is 5.06. The molecule has 0 saturated carbocycles. The number of hydrogen-bond donors (Lipinski definition) is 1. The lowest BCUT2D eigenvalue weighted by Crippen LogP contribution is -2.09. The third-order valence-corrected chi connectivity index (χ3v) is 6.19. The van der Waals surface area contributed by atoms with E-state index in [-0.39, 0.29) is 17.1 Å². The van der Waals surface area contributed by atoms with Gasteiger partial charge in [0.25, 0.3) is 0 Å². The van der Waals surface area contributed by atoms with Gasteiger partial charge in [-0.25, -0.2) is 14.3 Å². The summed E-state index contributed by atoms with van der Waals surface area (Å²) in [5.74, 6) is 0.726. The molecule has 0 atom stereocenters. The number of nitrogens with zero attached hydrogens (tertiary/aromatic N) is 14. The number of phenolic OH excluding ortho intramolecular Hbond substituents is 1. The molecule has 39 heavy (non-hydrogen) atoms. The van der Waals surface area contributed by atoms with E-state index in [1.807, 2.05) is 6.07 Å². The Labute approximate surface area is 225 Å². The molecule has 0 unspecified atom stereocenters. The van der Waals surface area contributed by atoms with Crippen molar-refractivity contribution in [2.45, 2.75) is 0 Å². The molecular formula is C23H20N14OS. The number of rotatable bonds is 7. The first-order chi connectivity index (χ1) is 18.9. The molecule has 15 nitrogen and oxygen atoms in total. The number of hydrogen-bond acceptors (Lipinski definition) is 14. The van der Waals surface area contributed by atoms with Crippen molar-refractivity contribution in [2.75, 3.05) is 19.0 Å². The molecule has 0 spiro atoms. The molecule has 1 N–H and O–H groups in total. The summed E-state index contributed by atoms with van der Waals surface area (Å²) in [6.07, 6.45) is 4.64. The first-order valence-corrected chi connectivity index (χ1v) is 12.1. The molecule has 0 saturated heterocycles. The number of anilines is 1. The highest BCUT2D eigenvalue weighted by Crippen LogP contribution is 2.50. The topological polar surface area (TPSA) is 183 Å². The summed E-state index contributed by atoms with van der Waals surface area (Å²) in [6.45, 7) is 0. The van der Waals surface area contributed by atoms with Gasteiger partial charge in [0.15, 0.2) is 33.7 Å². The van der Waals surface area contributed by atoms with Crippen LogP contribution in [0.3, 0.4) is 0 Å². The van der Waals surface area contributed by atoms with Gasteiger partial charge in [0.05, 0.1) is 29.0 Å². The van der Waals surface area contributed by atoms with Gasteiger partial charge in [-0.2, -0.15) is 19.8 Å². The smallest absolute Gasteiger partial charge is 0.175 e. The van der Waals surface area contributed by atoms with E-state index in [1.54, 1.807) is 79.1 Å². The number of aromatic nitrogens is 6. The van der Waals surface area contributed by atoms with Crippen LogP contribution in [0.25, 0.3) is 11.0 Å². The molecule has 194 valence electrons. The van der Waals surface area contributed by atoms with Gasteiger partial charge in [-0.3, -0.25) is 0 Å². The maximum Gasteiger partial charge on any atom is 0.175 e. The van der Waals surface area contributed by atoms with Gasteiger partial charge in [0.2, 0.25) is 0 Å². The summed E-state index contributed by atoms with van der Waals surface area (Å²) < 4.78 is 7.36. The van der Waals surface area contributed by atoms with E-state index in [4.69, 9.17) is 0 Å². The van der Waals surface area contributed by atoms with Crippen molar-refractivity contribution >= 4 is 62.0 Å². The van der Waals surface area contributed by atoms with Gasteiger partial charge < -0.3 is 10.0 Å². The maximum atomic E-state index is 11.3. The van der Waals surface area contributed by atoms with Crippen molar-refractivity contribution in [3.63, 3.8) is 0 Å². The van der Waals surface area contributed by atoms with Gasteiger partial charge in [0, 0.05) is 46.5 Å². The average Bonchev–Trinajstić information content (AvgIpc) is 3.65. The Morgan fingerprint density at radius 3 is 2.21 bits per heavy atom. The van der Waals surface area contributed by atoms with Crippen LogP contribution in [-0.4, -0.2) is 48.1 Å². The van der Waals surface area contributed by atoms with Gasteiger partial charge in [0.1, 0.15) is 17.4 Å². The highest BCUT2D eigenvalue weighted by atomic mass is 32.1. The molecule has 0 aliphatic carbocycles. The van der Waals surface area contributed by atoms with Crippen molar-refractivity contribution in [1.29, 1.82) is 5.26 Å². The highest BCUT2D eigenvalue weighted by Gasteiger charge is 2.21. The molecule has 4 heterocycles. The first kappa shape index (κ1) is 25.2. The van der Waals surface area contributed by atoms with E-state index in [9.17, 15) is 10.4 Å². The third-order valence-electron chi connectivity index (χ3n) is 5.45. The Kier molecular flexibility index (Phi) is 6.80. The molecule has 0 fully saturated rings. The van der Waals surface area contributed by atoms with E-state index < -0.39 is 0 Å². The van der Waals surface area contributed by atoms with Crippen LogP contribution in [-0.2, 0) is 14.1 Å². The Bertz CT molecular complexity index is 1800. The highest BCUT2D eigenvalue weighted by molar-refractivity contribution is 7.11. The molecule has 0 aliphatic rings. The molecule has 0 aliphatic heterocycles. The number of pyridine rings is 1. The van der Waals surface area contributed by atoms with Crippen molar-refractivity contribution < 1.29 is 5.11 Å². The minimum atomic E-state index is -0.266. The predicted octanol–water partition coefficient (Wildman–Crippen LogP) is 6.05. The standard InChI is InChI=1S/C23H20N14OS/c1-35(2)20-15(28-30-17-5-7-26-36(17)3)10-16(21(38)19(20)32-31-18-6-8-27-37(18)4)29-33-23-14-9-13(11-24)12-25-22(14)34-39-23/h5-10,12,38H,1-4H3. The normalized spacial score (nSPS) is 11.9. The molecule has 0 amide bonds. The number of azo groups is 3. The van der Waals surface area contributed by atoms with Crippen LogP contribution in [0.1, 0.15) is 5.56 Å². The van der Waals surface area contributed by atoms with Crippen molar-refractivity contribution in [2.24, 2.45) is 44.8 Å². The second-order valence-electron chi connectivity index (χ2n) is 8.28. The lowest BCUT2D eigenvalue weighted by Gasteiger charge is -2.18. The second kappa shape index (κ2) is 10.5. The summed E-state index contributed by atoms with van der Waals surface area (Å²) in [6, 6.07) is 8.62. The van der Waals surface area contributed by atoms with Crippen LogP contribution >= 0.6 is 11.5 Å². The van der Waals surface area contributed by atoms with Crippen LogP contribution < -0.4 is 4.90 Å². The van der Waals surface area contributed by atoms with Crippen LogP contribution in [0.5, 0.6) is 5.75 Å². The van der Waals surface area contributed by atoms with Crippen LogP contribution in [0.2, 0.25) is 0 Å². The zero-order valence-electron chi connectivity index (χ0n) is 21.2. The molecule has 5 rings (SSSR count). The number of aromatic hydroxyl groups is 1. The van der Waals surface area contributed by atoms with Crippen molar-refractivity contribution in [3.8, 4) is 11.8 Å². The van der Waals surface area contributed by atoms with Crippen LogP contribution in [0.4, 0.5) is 39.4 Å². The van der Waals surface area contributed by atoms with E-state index in [0.29, 0.717) is 44.6 Å². The minimum absolute atomic E-state index is 0.0736. The fourth-order valence-corrected chi connectivity index (χ4v) is 4.15. The molecule has 0 bridgehead atoms. The van der Waals surface area contributed by atoms with Gasteiger partial charge in [-0.1, -0.05) is 0 Å². The summed E-state index contributed by atoms with van der Waals surface area (Å²) in [5, 5.41) is 55.5. The Morgan fingerprint density at radius 1 is 0.923 bits per heavy atom. The first-order valence-electron chi connectivity index (χ1n) is 11.3. The Hall–Kier alpha value is -5.43. The minimum Gasteiger partial charge on any atom is -0.504 e. The van der Waals surface area contributed by atoms with Gasteiger partial charge >= 0.3 is 0 Å². The van der Waals surface area contributed by atoms with E-state index in [0.717, 1.165) is 11.5 Å². The fourth-order valence-electron chi connectivity index (χ4n) is 3.50. The summed E-state index contributed by atoms with van der Waals surface area (Å²) in [4.78, 5) is 5.90. The van der Waals surface area contributed by atoms with E-state index in [2.05, 4.69) is 50.2 Å². The average molecular weight is 541 g/mol. The van der Waals surface area contributed by atoms with Crippen molar-refractivity contribution in [1.82, 2.24) is 28.9 Å². The summed E-state index contributed by atoms with van der Waals surface area (Å²) in [7, 11) is 7.04. The van der Waals surface area contributed by atoms with Crippen LogP contribution in [0, 0.1) is 11.3 Å². The lowest BCUT2D eigenvalue weighted by molar-refractivity contribution is 0.477. The molecule has 0 radical (unpaired) electrons. The Morgan fingerprint density at radius 2 is 1.59 bits per heavy atom. The quantitative estimate of drug-likeness (QED) is 0.244. The number of nitriles is 1. The zero-order chi connectivity index (χ0) is 27.5. The number of benzene rings is 1. The van der Waals surface area contributed by atoms with Crippen LogP contribution in [0.15, 0.2) is 73.5 Å². The van der Waals surface area contributed by atoms with Gasteiger partial charge in [-0.15, -0.1) is 30.7 Å². The summed E-state index contributed by atoms with van der Waals surface area (Å²) in [5.41, 5.74) is 1.80.